The molecular formula is C16H27N3O2. The summed E-state index contributed by atoms with van der Waals surface area (Å²) in [5.74, 6) is 1.35. The summed E-state index contributed by atoms with van der Waals surface area (Å²) in [6, 6.07) is 2.29. The van der Waals surface area contributed by atoms with E-state index in [4.69, 9.17) is 15.2 Å². The van der Waals surface area contributed by atoms with Gasteiger partial charge in [0.05, 0.1) is 24.7 Å². The van der Waals surface area contributed by atoms with Crippen molar-refractivity contribution in [3.63, 3.8) is 0 Å². The number of ether oxygens (including phenoxy) is 2. The van der Waals surface area contributed by atoms with E-state index >= 15 is 0 Å². The van der Waals surface area contributed by atoms with E-state index in [1.54, 1.807) is 6.20 Å². The molecule has 1 saturated heterocycles. The number of pyridine rings is 1. The van der Waals surface area contributed by atoms with Crippen molar-refractivity contribution in [3.8, 4) is 5.75 Å². The molecule has 0 spiro atoms. The van der Waals surface area contributed by atoms with E-state index in [0.29, 0.717) is 19.1 Å². The molecule has 0 aromatic carbocycles. The minimum Gasteiger partial charge on any atom is -0.489 e. The van der Waals surface area contributed by atoms with Gasteiger partial charge in [0.1, 0.15) is 12.4 Å². The average molecular weight is 293 g/mol. The molecule has 21 heavy (non-hydrogen) atoms. The Morgan fingerprint density at radius 1 is 1.38 bits per heavy atom. The van der Waals surface area contributed by atoms with Crippen molar-refractivity contribution < 1.29 is 9.47 Å². The van der Waals surface area contributed by atoms with Gasteiger partial charge < -0.3 is 20.1 Å². The number of hydrogen-bond donors (Lipinski definition) is 1. The van der Waals surface area contributed by atoms with Crippen LogP contribution in [-0.2, 0) is 4.74 Å². The monoisotopic (exact) mass is 293 g/mol. The van der Waals surface area contributed by atoms with Crippen LogP contribution in [-0.4, -0.2) is 43.9 Å². The summed E-state index contributed by atoms with van der Waals surface area (Å²) in [5.41, 5.74) is 7.12. The number of rotatable bonds is 7. The molecule has 0 radical (unpaired) electrons. The van der Waals surface area contributed by atoms with Crippen molar-refractivity contribution in [2.75, 3.05) is 37.8 Å². The lowest BCUT2D eigenvalue weighted by molar-refractivity contribution is 0.0818. The summed E-state index contributed by atoms with van der Waals surface area (Å²) in [6.45, 7) is 8.13. The van der Waals surface area contributed by atoms with Crippen molar-refractivity contribution in [1.82, 2.24) is 4.98 Å². The van der Waals surface area contributed by atoms with Crippen LogP contribution >= 0.6 is 0 Å². The Morgan fingerprint density at radius 3 is 3.00 bits per heavy atom. The van der Waals surface area contributed by atoms with E-state index in [2.05, 4.69) is 23.7 Å². The number of piperidine rings is 1. The fourth-order valence-corrected chi connectivity index (χ4v) is 2.44. The molecule has 118 valence electrons. The van der Waals surface area contributed by atoms with Gasteiger partial charge in [-0.3, -0.25) is 4.98 Å². The smallest absolute Gasteiger partial charge is 0.139 e. The first-order valence-electron chi connectivity index (χ1n) is 7.81. The number of nitrogens with zero attached hydrogens (tertiary/aromatic N) is 2. The molecule has 0 saturated carbocycles. The maximum atomic E-state index is 6.03. The van der Waals surface area contributed by atoms with Crippen molar-refractivity contribution >= 4 is 5.69 Å². The third kappa shape index (κ3) is 5.52. The molecular weight excluding hydrogens is 266 g/mol. The highest BCUT2D eigenvalue weighted by Crippen LogP contribution is 2.22. The minimum absolute atomic E-state index is 0.257. The third-order valence-corrected chi connectivity index (χ3v) is 3.47. The van der Waals surface area contributed by atoms with Gasteiger partial charge in [-0.05, 0) is 18.8 Å². The standard InChI is InChI=1S/C16H27N3O2/c1-13(2)12-20-6-7-21-16-8-15(9-18-10-16)19-5-3-4-14(17)11-19/h8-10,13-14H,3-7,11-12,17H2,1-2H3. The molecule has 1 aliphatic rings. The highest BCUT2D eigenvalue weighted by molar-refractivity contribution is 5.48. The Morgan fingerprint density at radius 2 is 2.24 bits per heavy atom. The van der Waals surface area contributed by atoms with Gasteiger partial charge in [-0.25, -0.2) is 0 Å². The van der Waals surface area contributed by atoms with Gasteiger partial charge in [0.2, 0.25) is 0 Å². The van der Waals surface area contributed by atoms with Crippen LogP contribution in [0.4, 0.5) is 5.69 Å². The molecule has 1 aromatic heterocycles. The highest BCUT2D eigenvalue weighted by atomic mass is 16.5. The first-order chi connectivity index (χ1) is 10.1. The maximum Gasteiger partial charge on any atom is 0.139 e. The Kier molecular flexibility index (Phi) is 6.26. The van der Waals surface area contributed by atoms with Crippen LogP contribution in [0.25, 0.3) is 0 Å². The van der Waals surface area contributed by atoms with Gasteiger partial charge in [0.15, 0.2) is 0 Å². The molecule has 1 aliphatic heterocycles. The van der Waals surface area contributed by atoms with E-state index in [1.165, 1.54) is 0 Å². The fourth-order valence-electron chi connectivity index (χ4n) is 2.44. The van der Waals surface area contributed by atoms with Crippen LogP contribution in [0.3, 0.4) is 0 Å². The molecule has 1 atom stereocenters. The van der Waals surface area contributed by atoms with Crippen LogP contribution in [0.2, 0.25) is 0 Å². The fraction of sp³-hybridized carbons (Fsp3) is 0.688. The number of anilines is 1. The molecule has 1 unspecified atom stereocenters. The molecule has 2 N–H and O–H groups in total. The second kappa shape index (κ2) is 8.20. The predicted octanol–water partition coefficient (Wildman–Crippen LogP) is 2.06. The lowest BCUT2D eigenvalue weighted by atomic mass is 10.1. The third-order valence-electron chi connectivity index (χ3n) is 3.47. The summed E-state index contributed by atoms with van der Waals surface area (Å²) in [5, 5.41) is 0. The van der Waals surface area contributed by atoms with Gasteiger partial charge in [0.25, 0.3) is 0 Å². The van der Waals surface area contributed by atoms with Crippen LogP contribution in [0.15, 0.2) is 18.5 Å². The van der Waals surface area contributed by atoms with Crippen LogP contribution in [0.1, 0.15) is 26.7 Å². The zero-order valence-corrected chi connectivity index (χ0v) is 13.1. The summed E-state index contributed by atoms with van der Waals surface area (Å²) in [4.78, 5) is 6.54. The van der Waals surface area contributed by atoms with E-state index in [1.807, 2.05) is 12.3 Å². The zero-order chi connectivity index (χ0) is 15.1. The second-order valence-corrected chi connectivity index (χ2v) is 6.04. The van der Waals surface area contributed by atoms with Crippen LogP contribution < -0.4 is 15.4 Å². The van der Waals surface area contributed by atoms with Crippen LogP contribution in [0, 0.1) is 5.92 Å². The Balaban J connectivity index is 1.80. The van der Waals surface area contributed by atoms with Gasteiger partial charge in [-0.1, -0.05) is 13.8 Å². The second-order valence-electron chi connectivity index (χ2n) is 6.04. The summed E-state index contributed by atoms with van der Waals surface area (Å²) in [7, 11) is 0. The van der Waals surface area contributed by atoms with E-state index in [0.717, 1.165) is 44.0 Å². The van der Waals surface area contributed by atoms with Crippen molar-refractivity contribution in [3.05, 3.63) is 18.5 Å². The zero-order valence-electron chi connectivity index (χ0n) is 13.1. The molecule has 2 heterocycles. The summed E-state index contributed by atoms with van der Waals surface area (Å²) < 4.78 is 11.2. The Hall–Kier alpha value is -1.33. The molecule has 2 rings (SSSR count). The first kappa shape index (κ1) is 16.0. The average Bonchev–Trinajstić information content (AvgIpc) is 2.47. The lowest BCUT2D eigenvalue weighted by Gasteiger charge is -2.32. The van der Waals surface area contributed by atoms with Crippen LogP contribution in [0.5, 0.6) is 5.75 Å². The van der Waals surface area contributed by atoms with Crippen molar-refractivity contribution in [1.29, 1.82) is 0 Å². The molecule has 0 aliphatic carbocycles. The Labute approximate surface area is 127 Å². The molecule has 0 bridgehead atoms. The Bertz CT molecular complexity index is 426. The minimum atomic E-state index is 0.257. The SMILES string of the molecule is CC(C)COCCOc1cncc(N2CCCC(N)C2)c1. The predicted molar refractivity (Wildman–Crippen MR) is 84.8 cm³/mol. The van der Waals surface area contributed by atoms with E-state index in [-0.39, 0.29) is 6.04 Å². The van der Waals surface area contributed by atoms with E-state index < -0.39 is 0 Å². The maximum absolute atomic E-state index is 6.03. The first-order valence-corrected chi connectivity index (χ1v) is 7.81. The molecule has 0 amide bonds. The topological polar surface area (TPSA) is 60.6 Å². The number of hydrogen-bond acceptors (Lipinski definition) is 5. The number of nitrogens with two attached hydrogens (primary N) is 1. The molecule has 5 heteroatoms. The van der Waals surface area contributed by atoms with Gasteiger partial charge in [0, 0.05) is 31.8 Å². The summed E-state index contributed by atoms with van der Waals surface area (Å²) >= 11 is 0. The van der Waals surface area contributed by atoms with E-state index in [9.17, 15) is 0 Å². The molecule has 1 aromatic rings. The van der Waals surface area contributed by atoms with Gasteiger partial charge in [-0.15, -0.1) is 0 Å². The summed E-state index contributed by atoms with van der Waals surface area (Å²) in [6.07, 6.45) is 5.86. The largest absolute Gasteiger partial charge is 0.489 e. The van der Waals surface area contributed by atoms with Gasteiger partial charge >= 0.3 is 0 Å². The number of aromatic nitrogens is 1. The molecule has 1 fully saturated rings. The molecule has 5 nitrogen and oxygen atoms in total. The highest BCUT2D eigenvalue weighted by Gasteiger charge is 2.17. The quantitative estimate of drug-likeness (QED) is 0.780. The van der Waals surface area contributed by atoms with Crippen molar-refractivity contribution in [2.45, 2.75) is 32.7 Å². The lowest BCUT2D eigenvalue weighted by Crippen LogP contribution is -2.42. The van der Waals surface area contributed by atoms with Crippen molar-refractivity contribution in [2.24, 2.45) is 11.7 Å². The van der Waals surface area contributed by atoms with Gasteiger partial charge in [-0.2, -0.15) is 0 Å². The normalized spacial score (nSPS) is 19.0.